The first-order chi connectivity index (χ1) is 9.65. The molecule has 104 valence electrons. The second-order valence-corrected chi connectivity index (χ2v) is 5.62. The predicted octanol–water partition coefficient (Wildman–Crippen LogP) is 3.01. The Morgan fingerprint density at radius 1 is 1.05 bits per heavy atom. The molecule has 0 amide bonds. The SMILES string of the molecule is NC1(Cc2ccc(O)c(OCc3ccccc3)c2)CC1. The third-order valence-corrected chi connectivity index (χ3v) is 3.71. The van der Waals surface area contributed by atoms with E-state index in [1.807, 2.05) is 42.5 Å². The van der Waals surface area contributed by atoms with Crippen LogP contribution in [0.5, 0.6) is 11.5 Å². The monoisotopic (exact) mass is 269 g/mol. The van der Waals surface area contributed by atoms with Crippen molar-refractivity contribution in [3.63, 3.8) is 0 Å². The lowest BCUT2D eigenvalue weighted by Crippen LogP contribution is -2.24. The summed E-state index contributed by atoms with van der Waals surface area (Å²) in [6.07, 6.45) is 3.00. The lowest BCUT2D eigenvalue weighted by Gasteiger charge is -2.12. The fourth-order valence-corrected chi connectivity index (χ4v) is 2.26. The quantitative estimate of drug-likeness (QED) is 0.877. The number of nitrogens with two attached hydrogens (primary N) is 1. The summed E-state index contributed by atoms with van der Waals surface area (Å²) in [5, 5.41) is 9.87. The maximum absolute atomic E-state index is 9.87. The van der Waals surface area contributed by atoms with Crippen LogP contribution in [0.1, 0.15) is 24.0 Å². The summed E-state index contributed by atoms with van der Waals surface area (Å²) >= 11 is 0. The van der Waals surface area contributed by atoms with Gasteiger partial charge >= 0.3 is 0 Å². The third-order valence-electron chi connectivity index (χ3n) is 3.71. The third kappa shape index (κ3) is 3.11. The maximum atomic E-state index is 9.87. The Balaban J connectivity index is 1.70. The largest absolute Gasteiger partial charge is 0.504 e. The zero-order valence-corrected chi connectivity index (χ0v) is 11.4. The second-order valence-electron chi connectivity index (χ2n) is 5.62. The van der Waals surface area contributed by atoms with Gasteiger partial charge in [0.15, 0.2) is 11.5 Å². The van der Waals surface area contributed by atoms with E-state index in [1.54, 1.807) is 6.07 Å². The minimum Gasteiger partial charge on any atom is -0.504 e. The second kappa shape index (κ2) is 5.17. The number of benzene rings is 2. The molecule has 2 aromatic rings. The Hall–Kier alpha value is -2.00. The highest BCUT2D eigenvalue weighted by Gasteiger charge is 2.38. The van der Waals surface area contributed by atoms with Crippen molar-refractivity contribution in [3.8, 4) is 11.5 Å². The van der Waals surface area contributed by atoms with Crippen LogP contribution in [-0.4, -0.2) is 10.6 Å². The Morgan fingerprint density at radius 2 is 1.80 bits per heavy atom. The molecule has 0 saturated heterocycles. The average molecular weight is 269 g/mol. The molecule has 3 nitrogen and oxygen atoms in total. The summed E-state index contributed by atoms with van der Waals surface area (Å²) in [5.74, 6) is 0.696. The van der Waals surface area contributed by atoms with E-state index in [0.29, 0.717) is 12.4 Å². The van der Waals surface area contributed by atoms with Crippen molar-refractivity contribution < 1.29 is 9.84 Å². The summed E-state index contributed by atoms with van der Waals surface area (Å²) in [5.41, 5.74) is 8.29. The van der Waals surface area contributed by atoms with E-state index in [9.17, 15) is 5.11 Å². The van der Waals surface area contributed by atoms with Gasteiger partial charge in [0.05, 0.1) is 0 Å². The van der Waals surface area contributed by atoms with Crippen molar-refractivity contribution >= 4 is 0 Å². The zero-order chi connectivity index (χ0) is 14.0. The van der Waals surface area contributed by atoms with E-state index >= 15 is 0 Å². The summed E-state index contributed by atoms with van der Waals surface area (Å²) in [6.45, 7) is 0.450. The van der Waals surface area contributed by atoms with Gasteiger partial charge < -0.3 is 15.6 Å². The average Bonchev–Trinajstić information content (AvgIpc) is 3.18. The molecule has 1 saturated carbocycles. The number of hydrogen-bond acceptors (Lipinski definition) is 3. The van der Waals surface area contributed by atoms with Gasteiger partial charge in [-0.1, -0.05) is 36.4 Å². The van der Waals surface area contributed by atoms with Gasteiger partial charge in [-0.2, -0.15) is 0 Å². The first kappa shape index (κ1) is 13.0. The van der Waals surface area contributed by atoms with Crippen LogP contribution in [-0.2, 0) is 13.0 Å². The van der Waals surface area contributed by atoms with Crippen molar-refractivity contribution in [1.29, 1.82) is 0 Å². The molecule has 1 aliphatic carbocycles. The van der Waals surface area contributed by atoms with Crippen LogP contribution >= 0.6 is 0 Å². The van der Waals surface area contributed by atoms with E-state index in [-0.39, 0.29) is 11.3 Å². The van der Waals surface area contributed by atoms with Crippen LogP contribution in [0.15, 0.2) is 48.5 Å². The van der Waals surface area contributed by atoms with Gasteiger partial charge in [-0.3, -0.25) is 0 Å². The standard InChI is InChI=1S/C17H19NO2/c18-17(8-9-17)11-14-6-7-15(19)16(10-14)20-12-13-4-2-1-3-5-13/h1-7,10,19H,8-9,11-12,18H2. The first-order valence-electron chi connectivity index (χ1n) is 6.92. The van der Waals surface area contributed by atoms with Crippen LogP contribution in [0.4, 0.5) is 0 Å². The molecule has 1 aliphatic rings. The molecule has 0 aliphatic heterocycles. The van der Waals surface area contributed by atoms with Crippen LogP contribution < -0.4 is 10.5 Å². The van der Waals surface area contributed by atoms with E-state index in [1.165, 1.54) is 0 Å². The topological polar surface area (TPSA) is 55.5 Å². The molecule has 3 N–H and O–H groups in total. The van der Waals surface area contributed by atoms with Crippen molar-refractivity contribution in [2.45, 2.75) is 31.4 Å². The van der Waals surface area contributed by atoms with Gasteiger partial charge in [-0.25, -0.2) is 0 Å². The number of phenolic OH excluding ortho intramolecular Hbond substituents is 1. The molecule has 0 spiro atoms. The number of hydrogen-bond donors (Lipinski definition) is 2. The van der Waals surface area contributed by atoms with Crippen molar-refractivity contribution in [1.82, 2.24) is 0 Å². The highest BCUT2D eigenvalue weighted by atomic mass is 16.5. The molecule has 20 heavy (non-hydrogen) atoms. The van der Waals surface area contributed by atoms with E-state index in [0.717, 1.165) is 30.4 Å². The van der Waals surface area contributed by atoms with E-state index in [2.05, 4.69) is 0 Å². The number of aromatic hydroxyl groups is 1. The molecule has 0 unspecified atom stereocenters. The molecule has 0 bridgehead atoms. The molecule has 1 fully saturated rings. The number of ether oxygens (including phenoxy) is 1. The summed E-state index contributed by atoms with van der Waals surface area (Å²) < 4.78 is 5.71. The number of rotatable bonds is 5. The Kier molecular flexibility index (Phi) is 3.36. The molecular weight excluding hydrogens is 250 g/mol. The fourth-order valence-electron chi connectivity index (χ4n) is 2.26. The summed E-state index contributed by atoms with van der Waals surface area (Å²) in [7, 11) is 0. The molecule has 0 atom stereocenters. The van der Waals surface area contributed by atoms with Gasteiger partial charge in [0.2, 0.25) is 0 Å². The van der Waals surface area contributed by atoms with Gasteiger partial charge in [0.25, 0.3) is 0 Å². The smallest absolute Gasteiger partial charge is 0.161 e. The van der Waals surface area contributed by atoms with Crippen LogP contribution in [0, 0.1) is 0 Å². The Morgan fingerprint density at radius 3 is 2.50 bits per heavy atom. The van der Waals surface area contributed by atoms with Crippen molar-refractivity contribution in [3.05, 3.63) is 59.7 Å². The molecule has 2 aromatic carbocycles. The molecule has 0 aromatic heterocycles. The minimum absolute atomic E-state index is 0.0341. The maximum Gasteiger partial charge on any atom is 0.161 e. The fraction of sp³-hybridized carbons (Fsp3) is 0.294. The van der Waals surface area contributed by atoms with Crippen molar-refractivity contribution in [2.24, 2.45) is 5.73 Å². The lowest BCUT2D eigenvalue weighted by atomic mass is 10.0. The minimum atomic E-state index is -0.0341. The molecule has 3 heteroatoms. The van der Waals surface area contributed by atoms with E-state index in [4.69, 9.17) is 10.5 Å². The first-order valence-corrected chi connectivity index (χ1v) is 6.92. The summed E-state index contributed by atoms with van der Waals surface area (Å²) in [4.78, 5) is 0. The van der Waals surface area contributed by atoms with E-state index < -0.39 is 0 Å². The van der Waals surface area contributed by atoms with Gasteiger partial charge in [0.1, 0.15) is 6.61 Å². The van der Waals surface area contributed by atoms with Crippen LogP contribution in [0.3, 0.4) is 0 Å². The normalized spacial score (nSPS) is 15.8. The Labute approximate surface area is 119 Å². The highest BCUT2D eigenvalue weighted by molar-refractivity contribution is 5.42. The van der Waals surface area contributed by atoms with Crippen LogP contribution in [0.25, 0.3) is 0 Å². The molecule has 3 rings (SSSR count). The molecule has 0 radical (unpaired) electrons. The van der Waals surface area contributed by atoms with Gasteiger partial charge in [-0.15, -0.1) is 0 Å². The molecular formula is C17H19NO2. The van der Waals surface area contributed by atoms with Gasteiger partial charge in [0, 0.05) is 5.54 Å². The number of phenols is 1. The van der Waals surface area contributed by atoms with Crippen molar-refractivity contribution in [2.75, 3.05) is 0 Å². The Bertz CT molecular complexity index is 591. The lowest BCUT2D eigenvalue weighted by molar-refractivity contribution is 0.288. The summed E-state index contributed by atoms with van der Waals surface area (Å²) in [6, 6.07) is 15.4. The highest BCUT2D eigenvalue weighted by Crippen LogP contribution is 2.37. The van der Waals surface area contributed by atoms with Gasteiger partial charge in [-0.05, 0) is 42.5 Å². The predicted molar refractivity (Wildman–Crippen MR) is 78.7 cm³/mol. The molecule has 0 heterocycles. The van der Waals surface area contributed by atoms with Crippen LogP contribution in [0.2, 0.25) is 0 Å². The zero-order valence-electron chi connectivity index (χ0n) is 11.4.